The first kappa shape index (κ1) is 14.5. The third kappa shape index (κ3) is 2.96. The second-order valence-electron chi connectivity index (χ2n) is 4.25. The first-order valence-corrected chi connectivity index (χ1v) is 6.50. The fraction of sp³-hybridized carbons (Fsp3) is 0.0714. The van der Waals surface area contributed by atoms with Gasteiger partial charge in [-0.15, -0.1) is 0 Å². The zero-order valence-electron chi connectivity index (χ0n) is 10.5. The normalized spacial score (nSPS) is 10.4. The van der Waals surface area contributed by atoms with Crippen LogP contribution in [0.1, 0.15) is 15.9 Å². The first-order valence-electron chi connectivity index (χ1n) is 5.70. The number of nitrogens with two attached hydrogens (primary N) is 1. The maximum absolute atomic E-state index is 13.6. The summed E-state index contributed by atoms with van der Waals surface area (Å²) in [5, 5.41) is 2.37. The van der Waals surface area contributed by atoms with Crippen molar-refractivity contribution in [3.05, 3.63) is 57.6 Å². The number of halogens is 3. The van der Waals surface area contributed by atoms with Crippen molar-refractivity contribution in [2.24, 2.45) is 0 Å². The summed E-state index contributed by atoms with van der Waals surface area (Å²) in [6.45, 7) is 1.51. The van der Waals surface area contributed by atoms with Gasteiger partial charge in [0, 0.05) is 21.3 Å². The number of anilines is 2. The minimum absolute atomic E-state index is 0.0118. The van der Waals surface area contributed by atoms with Crippen LogP contribution in [0.5, 0.6) is 0 Å². The standard InChI is InChI=1S/C14H11BrF2N2O/c1-7-10(16)4-8(5-12(7)18)14(20)19-13-3-2-9(15)6-11(13)17/h2-6H,18H2,1H3,(H,19,20). The molecule has 0 aliphatic rings. The highest BCUT2D eigenvalue weighted by Crippen LogP contribution is 2.22. The van der Waals surface area contributed by atoms with Crippen molar-refractivity contribution < 1.29 is 13.6 Å². The van der Waals surface area contributed by atoms with E-state index in [9.17, 15) is 13.6 Å². The summed E-state index contributed by atoms with van der Waals surface area (Å²) in [7, 11) is 0. The van der Waals surface area contributed by atoms with Gasteiger partial charge in [-0.3, -0.25) is 4.79 Å². The van der Waals surface area contributed by atoms with Gasteiger partial charge in [-0.2, -0.15) is 0 Å². The molecule has 1 amide bonds. The van der Waals surface area contributed by atoms with E-state index in [1.54, 1.807) is 6.07 Å². The zero-order valence-corrected chi connectivity index (χ0v) is 12.1. The summed E-state index contributed by atoms with van der Waals surface area (Å²) in [5.41, 5.74) is 6.10. The number of hydrogen-bond donors (Lipinski definition) is 2. The average Bonchev–Trinajstić information content (AvgIpc) is 2.38. The van der Waals surface area contributed by atoms with Gasteiger partial charge in [0.1, 0.15) is 11.6 Å². The lowest BCUT2D eigenvalue weighted by Gasteiger charge is -2.09. The Morgan fingerprint density at radius 3 is 2.50 bits per heavy atom. The summed E-state index contributed by atoms with van der Waals surface area (Å²) >= 11 is 3.12. The number of nitrogens with one attached hydrogen (secondary N) is 1. The molecule has 6 heteroatoms. The molecule has 0 unspecified atom stereocenters. The number of carbonyl (C=O) groups excluding carboxylic acids is 1. The van der Waals surface area contributed by atoms with Gasteiger partial charge in [-0.05, 0) is 37.3 Å². The van der Waals surface area contributed by atoms with Gasteiger partial charge in [0.15, 0.2) is 0 Å². The van der Waals surface area contributed by atoms with Crippen molar-refractivity contribution in [1.82, 2.24) is 0 Å². The van der Waals surface area contributed by atoms with E-state index in [0.29, 0.717) is 4.47 Å². The molecule has 0 fully saturated rings. The Labute approximate surface area is 122 Å². The second-order valence-corrected chi connectivity index (χ2v) is 5.17. The van der Waals surface area contributed by atoms with Crippen LogP contribution >= 0.6 is 15.9 Å². The molecule has 0 saturated heterocycles. The van der Waals surface area contributed by atoms with Gasteiger partial charge >= 0.3 is 0 Å². The van der Waals surface area contributed by atoms with Gasteiger partial charge in [-0.1, -0.05) is 15.9 Å². The minimum atomic E-state index is -0.628. The summed E-state index contributed by atoms with van der Waals surface area (Å²) in [4.78, 5) is 12.0. The summed E-state index contributed by atoms with van der Waals surface area (Å²) in [6, 6.07) is 6.63. The van der Waals surface area contributed by atoms with Crippen LogP contribution in [-0.2, 0) is 0 Å². The third-order valence-electron chi connectivity index (χ3n) is 2.83. The van der Waals surface area contributed by atoms with Crippen molar-refractivity contribution in [2.45, 2.75) is 6.92 Å². The molecule has 0 atom stereocenters. The molecule has 2 aromatic rings. The summed E-state index contributed by atoms with van der Waals surface area (Å²) in [5.74, 6) is -1.79. The molecule has 3 nitrogen and oxygen atoms in total. The van der Waals surface area contributed by atoms with E-state index >= 15 is 0 Å². The van der Waals surface area contributed by atoms with Gasteiger partial charge in [0.25, 0.3) is 5.91 Å². The SMILES string of the molecule is Cc1c(N)cc(C(=O)Nc2ccc(Br)cc2F)cc1F. The molecule has 0 aliphatic heterocycles. The van der Waals surface area contributed by atoms with Crippen LogP contribution in [-0.4, -0.2) is 5.91 Å². The molecule has 0 spiro atoms. The lowest BCUT2D eigenvalue weighted by Crippen LogP contribution is -2.14. The van der Waals surface area contributed by atoms with Crippen molar-refractivity contribution in [2.75, 3.05) is 11.1 Å². The maximum atomic E-state index is 13.6. The van der Waals surface area contributed by atoms with Crippen LogP contribution in [0.4, 0.5) is 20.2 Å². The highest BCUT2D eigenvalue weighted by molar-refractivity contribution is 9.10. The number of nitrogen functional groups attached to an aromatic ring is 1. The Hall–Kier alpha value is -1.95. The lowest BCUT2D eigenvalue weighted by molar-refractivity contribution is 0.102. The van der Waals surface area contributed by atoms with Crippen LogP contribution in [0, 0.1) is 18.6 Å². The molecule has 0 bridgehead atoms. The molecule has 2 aromatic carbocycles. The van der Waals surface area contributed by atoms with E-state index in [1.165, 1.54) is 25.1 Å². The fourth-order valence-corrected chi connectivity index (χ4v) is 1.95. The molecule has 20 heavy (non-hydrogen) atoms. The fourth-order valence-electron chi connectivity index (χ4n) is 1.62. The van der Waals surface area contributed by atoms with Gasteiger partial charge < -0.3 is 11.1 Å². The predicted octanol–water partition coefficient (Wildman–Crippen LogP) is 3.87. The summed E-state index contributed by atoms with van der Waals surface area (Å²) in [6.07, 6.45) is 0. The maximum Gasteiger partial charge on any atom is 0.255 e. The van der Waals surface area contributed by atoms with Gasteiger partial charge in [0.2, 0.25) is 0 Å². The van der Waals surface area contributed by atoms with Gasteiger partial charge in [0.05, 0.1) is 5.69 Å². The van der Waals surface area contributed by atoms with Crippen molar-refractivity contribution in [3.63, 3.8) is 0 Å². The van der Waals surface area contributed by atoms with Crippen molar-refractivity contribution in [3.8, 4) is 0 Å². The number of rotatable bonds is 2. The van der Waals surface area contributed by atoms with Gasteiger partial charge in [-0.25, -0.2) is 8.78 Å². The predicted molar refractivity (Wildman–Crippen MR) is 77.6 cm³/mol. The second kappa shape index (κ2) is 5.58. The highest BCUT2D eigenvalue weighted by Gasteiger charge is 2.13. The van der Waals surface area contributed by atoms with Crippen LogP contribution in [0.15, 0.2) is 34.8 Å². The number of benzene rings is 2. The Kier molecular flexibility index (Phi) is 4.04. The Bertz CT molecular complexity index is 666. The van der Waals surface area contributed by atoms with E-state index in [4.69, 9.17) is 5.73 Å². The molecule has 3 N–H and O–H groups in total. The highest BCUT2D eigenvalue weighted by atomic mass is 79.9. The molecule has 104 valence electrons. The Balaban J connectivity index is 2.28. The van der Waals surface area contributed by atoms with E-state index in [-0.39, 0.29) is 22.5 Å². The number of hydrogen-bond acceptors (Lipinski definition) is 2. The van der Waals surface area contributed by atoms with Crippen LogP contribution < -0.4 is 11.1 Å². The number of carbonyl (C=O) groups is 1. The molecular weight excluding hydrogens is 330 g/mol. The van der Waals surface area contributed by atoms with E-state index in [1.807, 2.05) is 0 Å². The van der Waals surface area contributed by atoms with Crippen molar-refractivity contribution >= 4 is 33.2 Å². The van der Waals surface area contributed by atoms with E-state index < -0.39 is 17.5 Å². The molecule has 2 rings (SSSR count). The molecule has 0 heterocycles. The molecule has 0 radical (unpaired) electrons. The summed E-state index contributed by atoms with van der Waals surface area (Å²) < 4.78 is 27.7. The first-order chi connectivity index (χ1) is 9.38. The molecule has 0 saturated carbocycles. The van der Waals surface area contributed by atoms with E-state index in [2.05, 4.69) is 21.2 Å². The monoisotopic (exact) mass is 340 g/mol. The van der Waals surface area contributed by atoms with Crippen LogP contribution in [0.25, 0.3) is 0 Å². The lowest BCUT2D eigenvalue weighted by atomic mass is 10.1. The zero-order chi connectivity index (χ0) is 14.9. The minimum Gasteiger partial charge on any atom is -0.398 e. The quantitative estimate of drug-likeness (QED) is 0.815. The molecule has 0 aliphatic carbocycles. The topological polar surface area (TPSA) is 55.1 Å². The smallest absolute Gasteiger partial charge is 0.255 e. The third-order valence-corrected chi connectivity index (χ3v) is 3.32. The van der Waals surface area contributed by atoms with Crippen molar-refractivity contribution in [1.29, 1.82) is 0 Å². The van der Waals surface area contributed by atoms with Crippen LogP contribution in [0.2, 0.25) is 0 Å². The molecular formula is C14H11BrF2N2O. The Morgan fingerprint density at radius 1 is 1.20 bits per heavy atom. The largest absolute Gasteiger partial charge is 0.398 e. The average molecular weight is 341 g/mol. The molecule has 0 aromatic heterocycles. The van der Waals surface area contributed by atoms with E-state index in [0.717, 1.165) is 6.07 Å². The Morgan fingerprint density at radius 2 is 1.90 bits per heavy atom. The number of amides is 1. The van der Waals surface area contributed by atoms with Crippen LogP contribution in [0.3, 0.4) is 0 Å².